The minimum atomic E-state index is -0.816. The third kappa shape index (κ3) is 3.73. The maximum Gasteiger partial charge on any atom is 0.323 e. The molecule has 0 aliphatic heterocycles. The number of nitrogens with zero attached hydrogens (tertiary/aromatic N) is 1. The predicted octanol–water partition coefficient (Wildman–Crippen LogP) is 2.81. The topological polar surface area (TPSA) is 49.8 Å². The van der Waals surface area contributed by atoms with Crippen molar-refractivity contribution < 1.29 is 14.6 Å². The normalized spacial score (nSPS) is 14.1. The lowest BCUT2D eigenvalue weighted by Crippen LogP contribution is -2.52. The standard InChI is InChI=1S/C16H25NO3/c1-5-17(6-2)16(3,15(18)19)12-11-13-7-9-14(20-4)10-8-13/h7-10H,5-6,11-12H2,1-4H3,(H,18,19). The van der Waals surface area contributed by atoms with Crippen molar-refractivity contribution in [2.24, 2.45) is 0 Å². The number of aryl methyl sites for hydroxylation is 1. The van der Waals surface area contributed by atoms with Gasteiger partial charge in [-0.1, -0.05) is 26.0 Å². The van der Waals surface area contributed by atoms with Gasteiger partial charge in [0.1, 0.15) is 11.3 Å². The van der Waals surface area contributed by atoms with Crippen molar-refractivity contribution in [1.82, 2.24) is 4.90 Å². The van der Waals surface area contributed by atoms with Crippen LogP contribution in [0.5, 0.6) is 5.75 Å². The van der Waals surface area contributed by atoms with E-state index in [9.17, 15) is 9.90 Å². The molecule has 0 amide bonds. The fraction of sp³-hybridized carbons (Fsp3) is 0.562. The van der Waals surface area contributed by atoms with Crippen LogP contribution in [0.15, 0.2) is 24.3 Å². The summed E-state index contributed by atoms with van der Waals surface area (Å²) in [5.74, 6) is 0.0631. The third-order valence-corrected chi connectivity index (χ3v) is 3.98. The van der Waals surface area contributed by atoms with Crippen molar-refractivity contribution in [3.63, 3.8) is 0 Å². The molecule has 0 radical (unpaired) electrons. The number of rotatable bonds is 8. The first-order valence-corrected chi connectivity index (χ1v) is 7.09. The van der Waals surface area contributed by atoms with Crippen molar-refractivity contribution in [1.29, 1.82) is 0 Å². The highest BCUT2D eigenvalue weighted by atomic mass is 16.5. The van der Waals surface area contributed by atoms with Gasteiger partial charge in [0.05, 0.1) is 7.11 Å². The summed E-state index contributed by atoms with van der Waals surface area (Å²) in [7, 11) is 1.64. The van der Waals surface area contributed by atoms with E-state index in [4.69, 9.17) is 4.74 Å². The summed E-state index contributed by atoms with van der Waals surface area (Å²) in [6.07, 6.45) is 1.33. The smallest absolute Gasteiger partial charge is 0.323 e. The third-order valence-electron chi connectivity index (χ3n) is 3.98. The number of carboxylic acid groups (broad SMARTS) is 1. The first-order chi connectivity index (χ1) is 9.47. The summed E-state index contributed by atoms with van der Waals surface area (Å²) in [5.41, 5.74) is 0.314. The molecule has 1 rings (SSSR count). The Bertz CT molecular complexity index is 426. The van der Waals surface area contributed by atoms with Gasteiger partial charge in [-0.25, -0.2) is 0 Å². The van der Waals surface area contributed by atoms with E-state index in [1.54, 1.807) is 7.11 Å². The number of benzene rings is 1. The monoisotopic (exact) mass is 279 g/mol. The van der Waals surface area contributed by atoms with Crippen molar-refractivity contribution >= 4 is 5.97 Å². The second-order valence-corrected chi connectivity index (χ2v) is 5.10. The minimum Gasteiger partial charge on any atom is -0.497 e. The zero-order chi connectivity index (χ0) is 15.2. The van der Waals surface area contributed by atoms with Crippen LogP contribution in [0.2, 0.25) is 0 Å². The van der Waals surface area contributed by atoms with Gasteiger partial charge in [0.15, 0.2) is 0 Å². The Balaban J connectivity index is 2.78. The fourth-order valence-corrected chi connectivity index (χ4v) is 2.50. The van der Waals surface area contributed by atoms with Crippen molar-refractivity contribution in [3.05, 3.63) is 29.8 Å². The summed E-state index contributed by atoms with van der Waals surface area (Å²) < 4.78 is 5.12. The van der Waals surface area contributed by atoms with Crippen molar-refractivity contribution in [2.75, 3.05) is 20.2 Å². The molecule has 0 saturated carbocycles. The Kier molecular flexibility index (Phi) is 6.02. The molecule has 0 aliphatic rings. The maximum absolute atomic E-state index is 11.6. The number of aliphatic carboxylic acids is 1. The van der Waals surface area contributed by atoms with Gasteiger partial charge >= 0.3 is 5.97 Å². The Labute approximate surface area is 121 Å². The molecule has 0 aliphatic carbocycles. The largest absolute Gasteiger partial charge is 0.497 e. The number of likely N-dealkylation sites (N-methyl/N-ethyl adjacent to an activating group) is 1. The Hall–Kier alpha value is -1.55. The first kappa shape index (κ1) is 16.5. The van der Waals surface area contributed by atoms with E-state index in [2.05, 4.69) is 0 Å². The SMILES string of the molecule is CCN(CC)C(C)(CCc1ccc(OC)cc1)C(=O)O. The van der Waals surface area contributed by atoms with Crippen molar-refractivity contribution in [2.45, 2.75) is 39.2 Å². The van der Waals surface area contributed by atoms with Crippen LogP contribution in [0, 0.1) is 0 Å². The van der Waals surface area contributed by atoms with E-state index in [1.807, 2.05) is 49.9 Å². The lowest BCUT2D eigenvalue weighted by molar-refractivity contribution is -0.150. The highest BCUT2D eigenvalue weighted by Gasteiger charge is 2.37. The van der Waals surface area contributed by atoms with Gasteiger partial charge in [0, 0.05) is 0 Å². The number of ether oxygens (including phenoxy) is 1. The van der Waals surface area contributed by atoms with Gasteiger partial charge < -0.3 is 9.84 Å². The second-order valence-electron chi connectivity index (χ2n) is 5.10. The van der Waals surface area contributed by atoms with E-state index in [0.717, 1.165) is 30.8 Å². The van der Waals surface area contributed by atoms with Gasteiger partial charge in [0.25, 0.3) is 0 Å². The van der Waals surface area contributed by atoms with Crippen LogP contribution >= 0.6 is 0 Å². The Morgan fingerprint density at radius 2 is 1.80 bits per heavy atom. The van der Waals surface area contributed by atoms with E-state index >= 15 is 0 Å². The highest BCUT2D eigenvalue weighted by Crippen LogP contribution is 2.23. The zero-order valence-electron chi connectivity index (χ0n) is 12.8. The molecule has 1 aromatic carbocycles. The molecular formula is C16H25NO3. The predicted molar refractivity (Wildman–Crippen MR) is 80.3 cm³/mol. The molecule has 0 fully saturated rings. The summed E-state index contributed by atoms with van der Waals surface area (Å²) in [6.45, 7) is 7.28. The molecular weight excluding hydrogens is 254 g/mol. The van der Waals surface area contributed by atoms with E-state index in [-0.39, 0.29) is 0 Å². The van der Waals surface area contributed by atoms with Crippen molar-refractivity contribution in [3.8, 4) is 5.75 Å². The maximum atomic E-state index is 11.6. The van der Waals surface area contributed by atoms with Crippen LogP contribution < -0.4 is 4.74 Å². The molecule has 0 bridgehead atoms. The minimum absolute atomic E-state index is 0.594. The summed E-state index contributed by atoms with van der Waals surface area (Å²) in [4.78, 5) is 13.6. The zero-order valence-corrected chi connectivity index (χ0v) is 12.8. The Morgan fingerprint density at radius 1 is 1.25 bits per heavy atom. The molecule has 0 spiro atoms. The molecule has 1 unspecified atom stereocenters. The summed E-state index contributed by atoms with van der Waals surface area (Å²) >= 11 is 0. The highest BCUT2D eigenvalue weighted by molar-refractivity contribution is 5.78. The fourth-order valence-electron chi connectivity index (χ4n) is 2.50. The van der Waals surface area contributed by atoms with Gasteiger partial charge in [-0.05, 0) is 50.6 Å². The lowest BCUT2D eigenvalue weighted by atomic mass is 9.91. The molecule has 4 heteroatoms. The van der Waals surface area contributed by atoms with Gasteiger partial charge in [-0.15, -0.1) is 0 Å². The van der Waals surface area contributed by atoms with Crippen LogP contribution in [0.3, 0.4) is 0 Å². The molecule has 0 saturated heterocycles. The molecule has 0 aromatic heterocycles. The van der Waals surface area contributed by atoms with Crippen LogP contribution in [0.1, 0.15) is 32.8 Å². The molecule has 4 nitrogen and oxygen atoms in total. The Morgan fingerprint density at radius 3 is 2.20 bits per heavy atom. The molecule has 112 valence electrons. The van der Waals surface area contributed by atoms with E-state index < -0.39 is 11.5 Å². The summed E-state index contributed by atoms with van der Waals surface area (Å²) in [5, 5.41) is 9.56. The average Bonchev–Trinajstić information content (AvgIpc) is 2.46. The van der Waals surface area contributed by atoms with Gasteiger partial charge in [-0.3, -0.25) is 9.69 Å². The number of hydrogen-bond acceptors (Lipinski definition) is 3. The molecule has 1 N–H and O–H groups in total. The van der Waals surface area contributed by atoms with Gasteiger partial charge in [0.2, 0.25) is 0 Å². The summed E-state index contributed by atoms with van der Waals surface area (Å²) in [6, 6.07) is 7.79. The van der Waals surface area contributed by atoms with Crippen LogP contribution in [-0.2, 0) is 11.2 Å². The second kappa shape index (κ2) is 7.29. The average molecular weight is 279 g/mol. The molecule has 20 heavy (non-hydrogen) atoms. The number of carbonyl (C=O) groups is 1. The lowest BCUT2D eigenvalue weighted by Gasteiger charge is -2.36. The number of hydrogen-bond donors (Lipinski definition) is 1. The molecule has 0 heterocycles. The van der Waals surface area contributed by atoms with Crippen LogP contribution in [-0.4, -0.2) is 41.7 Å². The quantitative estimate of drug-likeness (QED) is 0.795. The number of methoxy groups -OCH3 is 1. The molecule has 1 atom stereocenters. The van der Waals surface area contributed by atoms with E-state index in [1.165, 1.54) is 0 Å². The van der Waals surface area contributed by atoms with Crippen LogP contribution in [0.25, 0.3) is 0 Å². The first-order valence-electron chi connectivity index (χ1n) is 7.09. The number of carboxylic acids is 1. The van der Waals surface area contributed by atoms with Gasteiger partial charge in [-0.2, -0.15) is 0 Å². The van der Waals surface area contributed by atoms with E-state index in [0.29, 0.717) is 6.42 Å². The molecule has 1 aromatic rings. The van der Waals surface area contributed by atoms with Crippen LogP contribution in [0.4, 0.5) is 0 Å².